The van der Waals surface area contributed by atoms with Crippen LogP contribution >= 0.6 is 0 Å². The molecule has 0 unspecified atom stereocenters. The number of halogens is 3. The van der Waals surface area contributed by atoms with Gasteiger partial charge in [0.2, 0.25) is 11.8 Å². The van der Waals surface area contributed by atoms with Crippen LogP contribution in [-0.2, 0) is 11.0 Å². The Bertz CT molecular complexity index is 497. The Balaban J connectivity index is 1.99. The quantitative estimate of drug-likeness (QED) is 0.857. The number of carbonyl (C=O) groups is 1. The zero-order valence-corrected chi connectivity index (χ0v) is 11.1. The fourth-order valence-corrected chi connectivity index (χ4v) is 1.92. The minimum atomic E-state index is -4.50. The summed E-state index contributed by atoms with van der Waals surface area (Å²) in [6.07, 6.45) is -3.69. The van der Waals surface area contributed by atoms with E-state index in [0.717, 1.165) is 6.07 Å². The summed E-state index contributed by atoms with van der Waals surface area (Å²) in [4.78, 5) is 16.8. The third-order valence-electron chi connectivity index (χ3n) is 3.01. The first-order valence-electron chi connectivity index (χ1n) is 6.26. The number of likely N-dealkylation sites (tertiary alicyclic amines) is 1. The van der Waals surface area contributed by atoms with Crippen LogP contribution < -0.4 is 4.74 Å². The van der Waals surface area contributed by atoms with Crippen molar-refractivity contribution in [1.82, 2.24) is 9.88 Å². The summed E-state index contributed by atoms with van der Waals surface area (Å²) in [7, 11) is 0. The highest BCUT2D eigenvalue weighted by Gasteiger charge is 2.38. The number of ether oxygens (including phenoxy) is 1. The molecule has 2 rings (SSSR count). The van der Waals surface area contributed by atoms with Gasteiger partial charge in [-0.15, -0.1) is 0 Å². The summed E-state index contributed by atoms with van der Waals surface area (Å²) in [6, 6.07) is 2.14. The van der Waals surface area contributed by atoms with Crippen LogP contribution in [0.4, 0.5) is 13.2 Å². The first-order valence-corrected chi connectivity index (χ1v) is 6.26. The van der Waals surface area contributed by atoms with Crippen molar-refractivity contribution in [2.75, 3.05) is 13.1 Å². The fourth-order valence-electron chi connectivity index (χ4n) is 1.92. The second-order valence-corrected chi connectivity index (χ2v) is 4.99. The number of aromatic nitrogens is 1. The van der Waals surface area contributed by atoms with Crippen LogP contribution in [0.2, 0.25) is 0 Å². The number of amides is 1. The molecule has 0 spiro atoms. The fraction of sp³-hybridized carbons (Fsp3) is 0.538. The van der Waals surface area contributed by atoms with E-state index in [-0.39, 0.29) is 11.8 Å². The molecule has 0 bridgehead atoms. The van der Waals surface area contributed by atoms with Gasteiger partial charge in [-0.05, 0) is 12.1 Å². The number of carbonyl (C=O) groups excluding carboxylic acids is 1. The summed E-state index contributed by atoms with van der Waals surface area (Å²) in [5, 5.41) is 0. The third kappa shape index (κ3) is 3.02. The Morgan fingerprint density at radius 2 is 2.10 bits per heavy atom. The average molecular weight is 288 g/mol. The van der Waals surface area contributed by atoms with E-state index in [1.807, 2.05) is 0 Å². The lowest BCUT2D eigenvalue weighted by molar-refractivity contribution is -0.147. The number of hydrogen-bond acceptors (Lipinski definition) is 3. The number of pyridine rings is 1. The van der Waals surface area contributed by atoms with E-state index in [0.29, 0.717) is 13.1 Å². The predicted octanol–water partition coefficient (Wildman–Crippen LogP) is 2.35. The van der Waals surface area contributed by atoms with E-state index < -0.39 is 23.7 Å². The number of alkyl halides is 3. The van der Waals surface area contributed by atoms with Crippen LogP contribution in [0.15, 0.2) is 18.3 Å². The Morgan fingerprint density at radius 1 is 1.45 bits per heavy atom. The molecule has 0 atom stereocenters. The maximum atomic E-state index is 12.7. The molecule has 4 nitrogen and oxygen atoms in total. The zero-order valence-electron chi connectivity index (χ0n) is 11.1. The first kappa shape index (κ1) is 14.6. The molecule has 7 heteroatoms. The molecule has 20 heavy (non-hydrogen) atoms. The van der Waals surface area contributed by atoms with Crippen molar-refractivity contribution in [3.63, 3.8) is 0 Å². The summed E-state index contributed by atoms with van der Waals surface area (Å²) >= 11 is 0. The van der Waals surface area contributed by atoms with Crippen molar-refractivity contribution >= 4 is 5.91 Å². The van der Waals surface area contributed by atoms with Crippen LogP contribution in [0, 0.1) is 5.92 Å². The van der Waals surface area contributed by atoms with Gasteiger partial charge in [0.25, 0.3) is 0 Å². The standard InChI is InChI=1S/C13H15F3N2O2/c1-8(2)12(19)18-6-9(7-18)20-11-10(13(14,15)16)4-3-5-17-11/h3-5,8-9H,6-7H2,1-2H3. The Labute approximate surface area is 114 Å². The lowest BCUT2D eigenvalue weighted by Gasteiger charge is -2.39. The molecular formula is C13H15F3N2O2. The van der Waals surface area contributed by atoms with Gasteiger partial charge in [0.05, 0.1) is 13.1 Å². The smallest absolute Gasteiger partial charge is 0.421 e. The SMILES string of the molecule is CC(C)C(=O)N1CC(Oc2ncccc2C(F)(F)F)C1. The minimum absolute atomic E-state index is 0.0260. The summed E-state index contributed by atoms with van der Waals surface area (Å²) in [6.45, 7) is 4.14. The molecule has 1 fully saturated rings. The van der Waals surface area contributed by atoms with Gasteiger partial charge in [-0.2, -0.15) is 13.2 Å². The van der Waals surface area contributed by atoms with Crippen molar-refractivity contribution in [1.29, 1.82) is 0 Å². The Hall–Kier alpha value is -1.79. The highest BCUT2D eigenvalue weighted by Crippen LogP contribution is 2.35. The molecule has 1 aliphatic rings. The third-order valence-corrected chi connectivity index (χ3v) is 3.01. The van der Waals surface area contributed by atoms with Crippen molar-refractivity contribution in [2.24, 2.45) is 5.92 Å². The molecule has 1 amide bonds. The minimum Gasteiger partial charge on any atom is -0.470 e. The second kappa shape index (κ2) is 5.30. The van der Waals surface area contributed by atoms with E-state index in [1.165, 1.54) is 12.3 Å². The topological polar surface area (TPSA) is 42.4 Å². The van der Waals surface area contributed by atoms with E-state index >= 15 is 0 Å². The van der Waals surface area contributed by atoms with Crippen LogP contribution in [0.1, 0.15) is 19.4 Å². The van der Waals surface area contributed by atoms with E-state index in [2.05, 4.69) is 4.98 Å². The van der Waals surface area contributed by atoms with E-state index in [1.54, 1.807) is 18.7 Å². The van der Waals surface area contributed by atoms with Gasteiger partial charge in [-0.3, -0.25) is 4.79 Å². The molecule has 110 valence electrons. The number of rotatable bonds is 3. The van der Waals surface area contributed by atoms with E-state index in [4.69, 9.17) is 4.74 Å². The van der Waals surface area contributed by atoms with Gasteiger partial charge >= 0.3 is 6.18 Å². The molecule has 1 aromatic heterocycles. The molecule has 0 aliphatic carbocycles. The van der Waals surface area contributed by atoms with Crippen molar-refractivity contribution in [3.8, 4) is 5.88 Å². The van der Waals surface area contributed by atoms with Crippen LogP contribution in [0.5, 0.6) is 5.88 Å². The maximum Gasteiger partial charge on any atom is 0.421 e. The van der Waals surface area contributed by atoms with Crippen molar-refractivity contribution < 1.29 is 22.7 Å². The van der Waals surface area contributed by atoms with Crippen LogP contribution in [0.3, 0.4) is 0 Å². The molecule has 2 heterocycles. The number of nitrogens with zero attached hydrogens (tertiary/aromatic N) is 2. The molecule has 0 radical (unpaired) electrons. The van der Waals surface area contributed by atoms with Gasteiger partial charge in [-0.25, -0.2) is 4.98 Å². The van der Waals surface area contributed by atoms with Crippen molar-refractivity contribution in [3.05, 3.63) is 23.9 Å². The average Bonchev–Trinajstić information content (AvgIpc) is 2.31. The van der Waals surface area contributed by atoms with Crippen LogP contribution in [0.25, 0.3) is 0 Å². The highest BCUT2D eigenvalue weighted by molar-refractivity contribution is 5.79. The Kier molecular flexibility index (Phi) is 3.87. The lowest BCUT2D eigenvalue weighted by Crippen LogP contribution is -2.57. The van der Waals surface area contributed by atoms with Gasteiger partial charge in [0.1, 0.15) is 11.7 Å². The van der Waals surface area contributed by atoms with Gasteiger partial charge in [0, 0.05) is 12.1 Å². The summed E-state index contributed by atoms with van der Waals surface area (Å²) in [5.41, 5.74) is -0.895. The number of hydrogen-bond donors (Lipinski definition) is 0. The first-order chi connectivity index (χ1) is 9.29. The zero-order chi connectivity index (χ0) is 14.9. The highest BCUT2D eigenvalue weighted by atomic mass is 19.4. The monoisotopic (exact) mass is 288 g/mol. The van der Waals surface area contributed by atoms with Crippen LogP contribution in [-0.4, -0.2) is 35.0 Å². The summed E-state index contributed by atoms with van der Waals surface area (Å²) in [5.74, 6) is -0.583. The molecule has 0 N–H and O–H groups in total. The maximum absolute atomic E-state index is 12.7. The van der Waals surface area contributed by atoms with Gasteiger partial charge in [0.15, 0.2) is 0 Å². The molecule has 1 aliphatic heterocycles. The molecule has 1 saturated heterocycles. The lowest BCUT2D eigenvalue weighted by atomic mass is 10.1. The summed E-state index contributed by atoms with van der Waals surface area (Å²) < 4.78 is 43.5. The second-order valence-electron chi connectivity index (χ2n) is 4.99. The largest absolute Gasteiger partial charge is 0.470 e. The predicted molar refractivity (Wildman–Crippen MR) is 65.1 cm³/mol. The molecule has 0 aromatic carbocycles. The van der Waals surface area contributed by atoms with Gasteiger partial charge in [-0.1, -0.05) is 13.8 Å². The van der Waals surface area contributed by atoms with E-state index in [9.17, 15) is 18.0 Å². The molecular weight excluding hydrogens is 273 g/mol. The molecule has 1 aromatic rings. The Morgan fingerprint density at radius 3 is 2.65 bits per heavy atom. The molecule has 0 saturated carbocycles. The van der Waals surface area contributed by atoms with Gasteiger partial charge < -0.3 is 9.64 Å². The van der Waals surface area contributed by atoms with Crippen molar-refractivity contribution in [2.45, 2.75) is 26.1 Å². The normalized spacial score (nSPS) is 16.2.